The minimum Gasteiger partial charge on any atom is -0.497 e. The molecule has 2 heterocycles. The van der Waals surface area contributed by atoms with E-state index in [9.17, 15) is 27.6 Å². The molecule has 4 aromatic rings. The van der Waals surface area contributed by atoms with Crippen LogP contribution in [0.25, 0.3) is 0 Å². The van der Waals surface area contributed by atoms with Gasteiger partial charge in [0.25, 0.3) is 17.7 Å². The minimum atomic E-state index is -4.56. The van der Waals surface area contributed by atoms with Crippen molar-refractivity contribution in [1.82, 2.24) is 0 Å². The Balaban J connectivity index is 1.42. The van der Waals surface area contributed by atoms with Gasteiger partial charge in [0, 0.05) is 16.3 Å². The number of thiophene rings is 1. The Hall–Kier alpha value is -4.55. The fourth-order valence-corrected chi connectivity index (χ4v) is 5.44. The number of anilines is 3. The fourth-order valence-electron chi connectivity index (χ4n) is 3.89. The van der Waals surface area contributed by atoms with Crippen LogP contribution in [-0.4, -0.2) is 24.8 Å². The quantitative estimate of drug-likeness (QED) is 0.213. The number of carbonyl (C=O) groups excluding carboxylic acids is 3. The van der Waals surface area contributed by atoms with Crippen molar-refractivity contribution in [2.75, 3.05) is 22.6 Å². The molecule has 0 bridgehead atoms. The lowest BCUT2D eigenvalue weighted by atomic mass is 10.2. The molecule has 7 nitrogen and oxygen atoms in total. The zero-order valence-electron chi connectivity index (χ0n) is 21.2. The van der Waals surface area contributed by atoms with Crippen molar-refractivity contribution in [3.05, 3.63) is 111 Å². The Morgan fingerprint density at radius 3 is 2.12 bits per heavy atom. The third-order valence-electron chi connectivity index (χ3n) is 5.93. The molecule has 5 rings (SSSR count). The summed E-state index contributed by atoms with van der Waals surface area (Å²) in [4.78, 5) is 41.4. The highest BCUT2D eigenvalue weighted by atomic mass is 32.2. The van der Waals surface area contributed by atoms with E-state index in [0.29, 0.717) is 26.9 Å². The second kappa shape index (κ2) is 11.5. The first kappa shape index (κ1) is 28.0. The van der Waals surface area contributed by atoms with E-state index in [4.69, 9.17) is 4.74 Å². The first-order valence-electron chi connectivity index (χ1n) is 12.0. The highest BCUT2D eigenvalue weighted by molar-refractivity contribution is 8.04. The lowest BCUT2D eigenvalue weighted by Crippen LogP contribution is -2.32. The van der Waals surface area contributed by atoms with Crippen LogP contribution in [0, 0.1) is 0 Å². The number of methoxy groups -OCH3 is 1. The van der Waals surface area contributed by atoms with Crippen molar-refractivity contribution >= 4 is 57.9 Å². The average molecular weight is 596 g/mol. The Labute approximate surface area is 240 Å². The number of benzene rings is 3. The van der Waals surface area contributed by atoms with E-state index >= 15 is 0 Å². The number of thioether (sulfide) groups is 1. The number of rotatable bonds is 8. The molecule has 1 aliphatic rings. The van der Waals surface area contributed by atoms with Gasteiger partial charge in [-0.25, -0.2) is 4.90 Å². The number of carbonyl (C=O) groups is 3. The Morgan fingerprint density at radius 2 is 1.54 bits per heavy atom. The van der Waals surface area contributed by atoms with Gasteiger partial charge in [-0.1, -0.05) is 17.8 Å². The summed E-state index contributed by atoms with van der Waals surface area (Å²) in [5, 5.41) is 7.58. The maximum absolute atomic E-state index is 13.5. The summed E-state index contributed by atoms with van der Waals surface area (Å²) in [5.74, 6) is -1.07. The number of alkyl halides is 3. The second-order valence-electron chi connectivity index (χ2n) is 8.61. The van der Waals surface area contributed by atoms with Crippen LogP contribution >= 0.6 is 23.1 Å². The van der Waals surface area contributed by atoms with Crippen LogP contribution in [0.5, 0.6) is 5.75 Å². The van der Waals surface area contributed by atoms with E-state index in [1.54, 1.807) is 66.0 Å². The third-order valence-corrected chi connectivity index (χ3v) is 7.89. The van der Waals surface area contributed by atoms with Crippen LogP contribution in [0.4, 0.5) is 30.2 Å². The van der Waals surface area contributed by atoms with E-state index in [1.165, 1.54) is 18.4 Å². The molecule has 1 aliphatic heterocycles. The van der Waals surface area contributed by atoms with Gasteiger partial charge in [0.15, 0.2) is 0 Å². The standard InChI is InChI=1S/C29H20F3N3O4S2/c1-39-21-12-6-18(7-13-21)33-24-25(28(38)35(27(24)37)20-10-4-17(5-11-20)29(30,31)32)41-22-14-8-19(9-15-22)34-26(36)23-3-2-16-40-23/h2-16,33H,1H3,(H,34,36). The monoisotopic (exact) mass is 595 g/mol. The molecular weight excluding hydrogens is 575 g/mol. The van der Waals surface area contributed by atoms with Crippen LogP contribution in [0.1, 0.15) is 15.2 Å². The molecule has 2 N–H and O–H groups in total. The smallest absolute Gasteiger partial charge is 0.416 e. The lowest BCUT2D eigenvalue weighted by Gasteiger charge is -2.16. The van der Waals surface area contributed by atoms with E-state index in [2.05, 4.69) is 10.6 Å². The molecule has 3 aromatic carbocycles. The van der Waals surface area contributed by atoms with Gasteiger partial charge in [-0.2, -0.15) is 13.2 Å². The zero-order valence-corrected chi connectivity index (χ0v) is 22.8. The van der Waals surface area contributed by atoms with Crippen molar-refractivity contribution in [2.45, 2.75) is 11.1 Å². The van der Waals surface area contributed by atoms with Crippen molar-refractivity contribution in [3.8, 4) is 5.75 Å². The summed E-state index contributed by atoms with van der Waals surface area (Å²) in [6, 6.07) is 20.7. The molecule has 0 saturated heterocycles. The molecule has 3 amide bonds. The van der Waals surface area contributed by atoms with E-state index < -0.39 is 23.6 Å². The molecule has 12 heteroatoms. The largest absolute Gasteiger partial charge is 0.497 e. The maximum Gasteiger partial charge on any atom is 0.416 e. The van der Waals surface area contributed by atoms with Gasteiger partial charge in [-0.05, 0) is 84.2 Å². The van der Waals surface area contributed by atoms with Crippen molar-refractivity contribution < 1.29 is 32.3 Å². The summed E-state index contributed by atoms with van der Waals surface area (Å²) < 4.78 is 44.4. The van der Waals surface area contributed by atoms with E-state index in [-0.39, 0.29) is 22.2 Å². The molecule has 0 saturated carbocycles. The van der Waals surface area contributed by atoms with Crippen LogP contribution in [0.3, 0.4) is 0 Å². The number of halogens is 3. The SMILES string of the molecule is COc1ccc(NC2=C(Sc3ccc(NC(=O)c4cccs4)cc3)C(=O)N(c3ccc(C(F)(F)F)cc3)C2=O)cc1. The molecule has 0 spiro atoms. The number of ether oxygens (including phenoxy) is 1. The summed E-state index contributed by atoms with van der Waals surface area (Å²) >= 11 is 2.33. The van der Waals surface area contributed by atoms with Crippen LogP contribution in [-0.2, 0) is 15.8 Å². The van der Waals surface area contributed by atoms with Crippen LogP contribution in [0.15, 0.2) is 106 Å². The Kier molecular flexibility index (Phi) is 7.86. The molecule has 1 aromatic heterocycles. The van der Waals surface area contributed by atoms with Gasteiger partial charge >= 0.3 is 6.18 Å². The highest BCUT2D eigenvalue weighted by Gasteiger charge is 2.41. The number of amides is 3. The Morgan fingerprint density at radius 1 is 0.878 bits per heavy atom. The minimum absolute atomic E-state index is 0.00395. The van der Waals surface area contributed by atoms with Gasteiger partial charge < -0.3 is 15.4 Å². The van der Waals surface area contributed by atoms with Gasteiger partial charge in [0.1, 0.15) is 16.4 Å². The van der Waals surface area contributed by atoms with Gasteiger partial charge in [0.05, 0.1) is 23.2 Å². The Bertz CT molecular complexity index is 1620. The molecule has 0 atom stereocenters. The zero-order chi connectivity index (χ0) is 29.1. The number of nitrogens with one attached hydrogen (secondary N) is 2. The highest BCUT2D eigenvalue weighted by Crippen LogP contribution is 2.39. The summed E-state index contributed by atoms with van der Waals surface area (Å²) in [7, 11) is 1.51. The topological polar surface area (TPSA) is 87.7 Å². The molecule has 0 aliphatic carbocycles. The van der Waals surface area contributed by atoms with Crippen molar-refractivity contribution in [1.29, 1.82) is 0 Å². The number of imide groups is 1. The summed E-state index contributed by atoms with van der Waals surface area (Å²) in [6.07, 6.45) is -4.56. The van der Waals surface area contributed by atoms with Crippen molar-refractivity contribution in [2.24, 2.45) is 0 Å². The average Bonchev–Trinajstić information content (AvgIpc) is 3.58. The number of hydrogen-bond donors (Lipinski definition) is 2. The predicted octanol–water partition coefficient (Wildman–Crippen LogP) is 7.02. The van der Waals surface area contributed by atoms with E-state index in [1.807, 2.05) is 0 Å². The normalized spacial score (nSPS) is 13.5. The number of nitrogens with zero attached hydrogens (tertiary/aromatic N) is 1. The molecular formula is C29H20F3N3O4S2. The lowest BCUT2D eigenvalue weighted by molar-refractivity contribution is -0.137. The second-order valence-corrected chi connectivity index (χ2v) is 10.6. The van der Waals surface area contributed by atoms with Gasteiger partial charge in [0.2, 0.25) is 0 Å². The predicted molar refractivity (Wildman–Crippen MR) is 152 cm³/mol. The van der Waals surface area contributed by atoms with Crippen LogP contribution < -0.4 is 20.3 Å². The molecule has 41 heavy (non-hydrogen) atoms. The molecule has 208 valence electrons. The molecule has 0 unspecified atom stereocenters. The summed E-state index contributed by atoms with van der Waals surface area (Å²) in [6.45, 7) is 0. The van der Waals surface area contributed by atoms with Crippen molar-refractivity contribution in [3.63, 3.8) is 0 Å². The molecule has 0 radical (unpaired) electrons. The number of hydrogen-bond acceptors (Lipinski definition) is 7. The van der Waals surface area contributed by atoms with Gasteiger partial charge in [-0.15, -0.1) is 11.3 Å². The fraction of sp³-hybridized carbons (Fsp3) is 0.0690. The summed E-state index contributed by atoms with van der Waals surface area (Å²) in [5.41, 5.74) is 0.120. The maximum atomic E-state index is 13.5. The van der Waals surface area contributed by atoms with Crippen LogP contribution in [0.2, 0.25) is 0 Å². The van der Waals surface area contributed by atoms with E-state index in [0.717, 1.165) is 40.9 Å². The first-order valence-corrected chi connectivity index (χ1v) is 13.7. The van der Waals surface area contributed by atoms with Gasteiger partial charge in [-0.3, -0.25) is 14.4 Å². The first-order chi connectivity index (χ1) is 19.6. The third kappa shape index (κ3) is 6.13. The molecule has 0 fully saturated rings.